The van der Waals surface area contributed by atoms with Gasteiger partial charge in [-0.25, -0.2) is 13.4 Å². The summed E-state index contributed by atoms with van der Waals surface area (Å²) >= 11 is 13.7. The van der Waals surface area contributed by atoms with Crippen molar-refractivity contribution in [3.8, 4) is 0 Å². The molecule has 0 radical (unpaired) electrons. The molecule has 8 heteroatoms. The highest BCUT2D eigenvalue weighted by Gasteiger charge is 2.34. The van der Waals surface area contributed by atoms with Crippen molar-refractivity contribution in [1.82, 2.24) is 4.98 Å². The van der Waals surface area contributed by atoms with Crippen LogP contribution in [0.3, 0.4) is 0 Å². The summed E-state index contributed by atoms with van der Waals surface area (Å²) in [5.74, 6) is 0. The first-order chi connectivity index (χ1) is 15.1. The minimum atomic E-state index is -3.36. The molecule has 0 N–H and O–H groups in total. The van der Waals surface area contributed by atoms with Crippen LogP contribution in [-0.2, 0) is 16.3 Å². The van der Waals surface area contributed by atoms with E-state index in [1.165, 1.54) is 0 Å². The summed E-state index contributed by atoms with van der Waals surface area (Å²) in [4.78, 5) is 7.50. The van der Waals surface area contributed by atoms with Crippen LogP contribution in [0.1, 0.15) is 40.8 Å². The second-order valence-electron chi connectivity index (χ2n) is 8.51. The largest absolute Gasteiger partial charge is 0.348 e. The summed E-state index contributed by atoms with van der Waals surface area (Å²) in [6.45, 7) is 7.17. The average molecular weight is 510 g/mol. The van der Waals surface area contributed by atoms with Crippen LogP contribution in [0.4, 0.5) is 5.13 Å². The SMILES string of the molecule is Cc1cc(C)c(S(=O)(=O)C2CCN(c3nc(Cc4ccc(Cl)c(Cl)c4)cs3)CC2)c(C)c1. The smallest absolute Gasteiger partial charge is 0.185 e. The van der Waals surface area contributed by atoms with Crippen LogP contribution in [0, 0.1) is 20.8 Å². The molecule has 4 nitrogen and oxygen atoms in total. The van der Waals surface area contributed by atoms with Gasteiger partial charge in [-0.2, -0.15) is 0 Å². The van der Waals surface area contributed by atoms with Crippen LogP contribution in [-0.4, -0.2) is 31.7 Å². The summed E-state index contributed by atoms with van der Waals surface area (Å²) in [6.07, 6.45) is 1.90. The van der Waals surface area contributed by atoms with Gasteiger partial charge in [-0.1, -0.05) is 47.0 Å². The van der Waals surface area contributed by atoms with Crippen LogP contribution in [0.25, 0.3) is 0 Å². The van der Waals surface area contributed by atoms with Crippen molar-refractivity contribution in [2.45, 2.75) is 50.2 Å². The number of sulfone groups is 1. The molecule has 0 bridgehead atoms. The quantitative estimate of drug-likeness (QED) is 0.399. The maximum absolute atomic E-state index is 13.4. The molecule has 1 fully saturated rings. The van der Waals surface area contributed by atoms with Gasteiger partial charge in [0.15, 0.2) is 15.0 Å². The van der Waals surface area contributed by atoms with E-state index in [0.717, 1.165) is 33.1 Å². The molecule has 0 saturated carbocycles. The minimum Gasteiger partial charge on any atom is -0.348 e. The van der Waals surface area contributed by atoms with E-state index in [1.54, 1.807) is 17.4 Å². The summed E-state index contributed by atoms with van der Waals surface area (Å²) in [7, 11) is -3.36. The van der Waals surface area contributed by atoms with Crippen molar-refractivity contribution in [3.63, 3.8) is 0 Å². The number of benzene rings is 2. The van der Waals surface area contributed by atoms with E-state index in [4.69, 9.17) is 28.2 Å². The molecule has 0 unspecified atom stereocenters. The Morgan fingerprint density at radius 1 is 1.03 bits per heavy atom. The molecule has 0 spiro atoms. The summed E-state index contributed by atoms with van der Waals surface area (Å²) < 4.78 is 26.8. The number of piperidine rings is 1. The number of thiazole rings is 1. The second-order valence-corrected chi connectivity index (χ2v) is 12.3. The number of hydrogen-bond donors (Lipinski definition) is 0. The first-order valence-corrected chi connectivity index (χ1v) is 13.8. The first-order valence-electron chi connectivity index (χ1n) is 10.6. The molecular formula is C24H26Cl2N2O2S2. The number of rotatable bonds is 5. The van der Waals surface area contributed by atoms with Crippen molar-refractivity contribution in [2.24, 2.45) is 0 Å². The van der Waals surface area contributed by atoms with Gasteiger partial charge < -0.3 is 4.90 Å². The predicted octanol–water partition coefficient (Wildman–Crippen LogP) is 6.41. The van der Waals surface area contributed by atoms with Gasteiger partial charge in [0.1, 0.15) is 0 Å². The maximum atomic E-state index is 13.4. The number of aromatic nitrogens is 1. The number of halogens is 2. The fourth-order valence-corrected chi connectivity index (χ4v) is 7.90. The maximum Gasteiger partial charge on any atom is 0.185 e. The Labute approximate surface area is 204 Å². The topological polar surface area (TPSA) is 50.3 Å². The fraction of sp³-hybridized carbons (Fsp3) is 0.375. The number of anilines is 1. The van der Waals surface area contributed by atoms with Gasteiger partial charge >= 0.3 is 0 Å². The molecule has 0 amide bonds. The monoisotopic (exact) mass is 508 g/mol. The third-order valence-corrected chi connectivity index (χ3v) is 10.2. The van der Waals surface area contributed by atoms with E-state index in [2.05, 4.69) is 10.3 Å². The highest BCUT2D eigenvalue weighted by Crippen LogP contribution is 2.32. The zero-order valence-electron chi connectivity index (χ0n) is 18.4. The molecule has 32 heavy (non-hydrogen) atoms. The van der Waals surface area contributed by atoms with Crippen LogP contribution in [0.2, 0.25) is 10.0 Å². The molecule has 4 rings (SSSR count). The van der Waals surface area contributed by atoms with Crippen LogP contribution < -0.4 is 4.90 Å². The van der Waals surface area contributed by atoms with Crippen LogP contribution in [0.15, 0.2) is 40.6 Å². The van der Waals surface area contributed by atoms with Crippen molar-refractivity contribution in [3.05, 3.63) is 73.7 Å². The molecule has 3 aromatic rings. The van der Waals surface area contributed by atoms with Gasteiger partial charge in [0.05, 0.1) is 25.9 Å². The van der Waals surface area contributed by atoms with Crippen LogP contribution in [0.5, 0.6) is 0 Å². The average Bonchev–Trinajstić information content (AvgIpc) is 3.18. The van der Waals surface area contributed by atoms with Gasteiger partial charge in [0, 0.05) is 24.9 Å². The van der Waals surface area contributed by atoms with E-state index < -0.39 is 9.84 Å². The summed E-state index contributed by atoms with van der Waals surface area (Å²) in [6, 6.07) is 9.54. The van der Waals surface area contributed by atoms with E-state index in [9.17, 15) is 8.42 Å². The molecule has 2 heterocycles. The van der Waals surface area contributed by atoms with Crippen LogP contribution >= 0.6 is 34.5 Å². The Morgan fingerprint density at radius 3 is 2.31 bits per heavy atom. The Hall–Kier alpha value is -1.60. The molecule has 170 valence electrons. The molecule has 1 saturated heterocycles. The standard InChI is InChI=1S/C24H26Cl2N2O2S2/c1-15-10-16(2)23(17(3)11-15)32(29,30)20-6-8-28(9-7-20)24-27-19(14-31-24)12-18-4-5-21(25)22(26)13-18/h4-5,10-11,13-14,20H,6-9,12H2,1-3H3. The minimum absolute atomic E-state index is 0.352. The normalized spacial score (nSPS) is 15.3. The van der Waals surface area contributed by atoms with Crippen molar-refractivity contribution in [2.75, 3.05) is 18.0 Å². The molecule has 0 atom stereocenters. The van der Waals surface area contributed by atoms with Crippen molar-refractivity contribution >= 4 is 49.5 Å². The molecular weight excluding hydrogens is 483 g/mol. The number of aryl methyl sites for hydroxylation is 3. The summed E-state index contributed by atoms with van der Waals surface area (Å²) in [5, 5.41) is 3.73. The third kappa shape index (κ3) is 4.84. The predicted molar refractivity (Wildman–Crippen MR) is 134 cm³/mol. The molecule has 1 aliphatic heterocycles. The van der Waals surface area contributed by atoms with Crippen molar-refractivity contribution < 1.29 is 8.42 Å². The Bertz CT molecular complexity index is 1220. The van der Waals surface area contributed by atoms with E-state index in [-0.39, 0.29) is 5.25 Å². The van der Waals surface area contributed by atoms with Gasteiger partial charge in [-0.3, -0.25) is 0 Å². The number of nitrogens with zero attached hydrogens (tertiary/aromatic N) is 2. The lowest BCUT2D eigenvalue weighted by Crippen LogP contribution is -2.39. The Kier molecular flexibility index (Phi) is 6.87. The highest BCUT2D eigenvalue weighted by molar-refractivity contribution is 7.92. The lowest BCUT2D eigenvalue weighted by Gasteiger charge is -2.32. The molecule has 0 aliphatic carbocycles. The third-order valence-electron chi connectivity index (χ3n) is 5.95. The van der Waals surface area contributed by atoms with Gasteiger partial charge in [0.25, 0.3) is 0 Å². The van der Waals surface area contributed by atoms with Gasteiger partial charge in [-0.05, 0) is 62.4 Å². The first kappa shape index (κ1) is 23.6. The molecule has 1 aromatic heterocycles. The van der Waals surface area contributed by atoms with Gasteiger partial charge in [0.2, 0.25) is 0 Å². The zero-order chi connectivity index (χ0) is 23.0. The lowest BCUT2D eigenvalue weighted by atomic mass is 10.1. The van der Waals surface area contributed by atoms with E-state index in [0.29, 0.717) is 47.3 Å². The zero-order valence-corrected chi connectivity index (χ0v) is 21.5. The van der Waals surface area contributed by atoms with E-state index in [1.807, 2.05) is 45.0 Å². The van der Waals surface area contributed by atoms with E-state index >= 15 is 0 Å². The Morgan fingerprint density at radius 2 is 1.69 bits per heavy atom. The fourth-order valence-electron chi connectivity index (χ4n) is 4.52. The second kappa shape index (κ2) is 9.34. The lowest BCUT2D eigenvalue weighted by molar-refractivity contribution is 0.528. The highest BCUT2D eigenvalue weighted by atomic mass is 35.5. The Balaban J connectivity index is 1.43. The number of hydrogen-bond acceptors (Lipinski definition) is 5. The molecule has 1 aliphatic rings. The molecule has 2 aromatic carbocycles. The van der Waals surface area contributed by atoms with Crippen molar-refractivity contribution in [1.29, 1.82) is 0 Å². The summed E-state index contributed by atoms with van der Waals surface area (Å²) in [5.41, 5.74) is 4.82. The van der Waals surface area contributed by atoms with Gasteiger partial charge in [-0.15, -0.1) is 11.3 Å².